The maximum Gasteiger partial charge on any atom is 0.335 e. The van der Waals surface area contributed by atoms with E-state index in [1.165, 1.54) is 30.3 Å². The summed E-state index contributed by atoms with van der Waals surface area (Å²) in [7, 11) is 0. The van der Waals surface area contributed by atoms with Crippen molar-refractivity contribution in [3.8, 4) is 5.75 Å². The van der Waals surface area contributed by atoms with Gasteiger partial charge >= 0.3 is 5.97 Å². The molecule has 0 saturated carbocycles. The van der Waals surface area contributed by atoms with Crippen molar-refractivity contribution in [2.45, 2.75) is 0 Å². The van der Waals surface area contributed by atoms with Gasteiger partial charge in [-0.3, -0.25) is 4.79 Å². The summed E-state index contributed by atoms with van der Waals surface area (Å²) in [6, 6.07) is 16.4. The lowest BCUT2D eigenvalue weighted by molar-refractivity contribution is 0.0696. The van der Waals surface area contributed by atoms with Gasteiger partial charge in [0, 0.05) is 5.69 Å². The summed E-state index contributed by atoms with van der Waals surface area (Å²) >= 11 is 0. The van der Waals surface area contributed by atoms with Crippen LogP contribution in [0.5, 0.6) is 5.75 Å². The number of nitrogens with one attached hydrogen (secondary N) is 1. The Kier molecular flexibility index (Phi) is 3.68. The minimum atomic E-state index is -1.03. The first kappa shape index (κ1) is 14.6. The van der Waals surface area contributed by atoms with Crippen LogP contribution in [-0.2, 0) is 0 Å². The number of hydrogen-bond donors (Lipinski definition) is 3. The standard InChI is InChI=1S/C18H13NO4/c20-16-10-13-4-2-1-3-12(13)9-15(16)17(21)19-14-7-5-11(6-8-14)18(22)23/h1-10,20H,(H,19,21)(H,22,23). The van der Waals surface area contributed by atoms with Crippen LogP contribution < -0.4 is 5.32 Å². The van der Waals surface area contributed by atoms with Crippen molar-refractivity contribution < 1.29 is 19.8 Å². The molecule has 3 rings (SSSR count). The summed E-state index contributed by atoms with van der Waals surface area (Å²) in [6.07, 6.45) is 0. The molecule has 0 saturated heterocycles. The van der Waals surface area contributed by atoms with Crippen LogP contribution in [0.3, 0.4) is 0 Å². The van der Waals surface area contributed by atoms with E-state index >= 15 is 0 Å². The smallest absolute Gasteiger partial charge is 0.335 e. The highest BCUT2D eigenvalue weighted by Crippen LogP contribution is 2.25. The molecule has 1 amide bonds. The van der Waals surface area contributed by atoms with Crippen LogP contribution in [0.1, 0.15) is 20.7 Å². The Labute approximate surface area is 131 Å². The number of carbonyl (C=O) groups excluding carboxylic acids is 1. The summed E-state index contributed by atoms with van der Waals surface area (Å²) in [4.78, 5) is 23.1. The normalized spacial score (nSPS) is 10.4. The fourth-order valence-corrected chi connectivity index (χ4v) is 2.30. The van der Waals surface area contributed by atoms with Crippen molar-refractivity contribution in [2.75, 3.05) is 5.32 Å². The zero-order chi connectivity index (χ0) is 16.4. The maximum atomic E-state index is 12.3. The lowest BCUT2D eigenvalue weighted by Gasteiger charge is -2.08. The average molecular weight is 307 g/mol. The highest BCUT2D eigenvalue weighted by atomic mass is 16.4. The summed E-state index contributed by atoms with van der Waals surface area (Å²) in [6.45, 7) is 0. The van der Waals surface area contributed by atoms with Crippen LogP contribution in [0.4, 0.5) is 5.69 Å². The average Bonchev–Trinajstić information content (AvgIpc) is 2.54. The number of anilines is 1. The SMILES string of the molecule is O=C(O)c1ccc(NC(=O)c2cc3ccccc3cc2O)cc1. The molecule has 0 radical (unpaired) electrons. The number of fused-ring (bicyclic) bond motifs is 1. The Balaban J connectivity index is 1.88. The number of benzene rings is 3. The first-order valence-corrected chi connectivity index (χ1v) is 6.91. The summed E-state index contributed by atoms with van der Waals surface area (Å²) in [5.41, 5.74) is 0.745. The topological polar surface area (TPSA) is 86.6 Å². The molecule has 0 unspecified atom stereocenters. The predicted molar refractivity (Wildman–Crippen MR) is 87.0 cm³/mol. The zero-order valence-electron chi connectivity index (χ0n) is 12.0. The molecule has 5 heteroatoms. The Morgan fingerprint density at radius 1 is 0.870 bits per heavy atom. The monoisotopic (exact) mass is 307 g/mol. The zero-order valence-corrected chi connectivity index (χ0v) is 12.0. The first-order chi connectivity index (χ1) is 11.0. The molecule has 114 valence electrons. The van der Waals surface area contributed by atoms with Gasteiger partial charge < -0.3 is 15.5 Å². The molecule has 5 nitrogen and oxygen atoms in total. The number of amides is 1. The summed E-state index contributed by atoms with van der Waals surface area (Å²) in [5.74, 6) is -1.60. The van der Waals surface area contributed by atoms with E-state index < -0.39 is 11.9 Å². The molecule has 0 spiro atoms. The second-order valence-electron chi connectivity index (χ2n) is 5.05. The van der Waals surface area contributed by atoms with E-state index in [0.717, 1.165) is 10.8 Å². The Hall–Kier alpha value is -3.34. The van der Waals surface area contributed by atoms with Crippen LogP contribution in [0.2, 0.25) is 0 Å². The number of aromatic hydroxyl groups is 1. The van der Waals surface area contributed by atoms with Gasteiger partial charge in [-0.15, -0.1) is 0 Å². The fourth-order valence-electron chi connectivity index (χ4n) is 2.30. The number of hydrogen-bond acceptors (Lipinski definition) is 3. The van der Waals surface area contributed by atoms with Crippen molar-refractivity contribution in [2.24, 2.45) is 0 Å². The van der Waals surface area contributed by atoms with Crippen molar-refractivity contribution >= 4 is 28.3 Å². The number of aromatic carboxylic acids is 1. The van der Waals surface area contributed by atoms with Gasteiger partial charge in [-0.2, -0.15) is 0 Å². The summed E-state index contributed by atoms with van der Waals surface area (Å²) < 4.78 is 0. The molecular weight excluding hydrogens is 294 g/mol. The van der Waals surface area contributed by atoms with Crippen LogP contribution in [0.15, 0.2) is 60.7 Å². The molecule has 0 heterocycles. The molecule has 3 aromatic carbocycles. The third-order valence-corrected chi connectivity index (χ3v) is 3.50. The van der Waals surface area contributed by atoms with Crippen molar-refractivity contribution in [3.05, 3.63) is 71.8 Å². The van der Waals surface area contributed by atoms with E-state index in [1.54, 1.807) is 6.07 Å². The van der Waals surface area contributed by atoms with Gasteiger partial charge in [0.2, 0.25) is 0 Å². The molecule has 0 aliphatic heterocycles. The van der Waals surface area contributed by atoms with Gasteiger partial charge in [0.05, 0.1) is 11.1 Å². The molecule has 3 N–H and O–H groups in total. The second-order valence-corrected chi connectivity index (χ2v) is 5.05. The highest BCUT2D eigenvalue weighted by Gasteiger charge is 2.13. The highest BCUT2D eigenvalue weighted by molar-refractivity contribution is 6.08. The third kappa shape index (κ3) is 2.98. The van der Waals surface area contributed by atoms with E-state index in [1.807, 2.05) is 24.3 Å². The Morgan fingerprint density at radius 2 is 1.48 bits per heavy atom. The lowest BCUT2D eigenvalue weighted by atomic mass is 10.1. The minimum Gasteiger partial charge on any atom is -0.507 e. The van der Waals surface area contributed by atoms with Gasteiger partial charge in [-0.1, -0.05) is 24.3 Å². The lowest BCUT2D eigenvalue weighted by Crippen LogP contribution is -2.12. The van der Waals surface area contributed by atoms with Gasteiger partial charge in [-0.25, -0.2) is 4.79 Å². The van der Waals surface area contributed by atoms with Gasteiger partial charge in [0.25, 0.3) is 5.91 Å². The molecule has 0 aliphatic carbocycles. The second kappa shape index (κ2) is 5.81. The van der Waals surface area contributed by atoms with Crippen molar-refractivity contribution in [1.82, 2.24) is 0 Å². The number of carboxylic acid groups (broad SMARTS) is 1. The van der Waals surface area contributed by atoms with E-state index in [2.05, 4.69) is 5.32 Å². The van der Waals surface area contributed by atoms with E-state index in [4.69, 9.17) is 5.11 Å². The molecule has 0 fully saturated rings. The number of carboxylic acids is 1. The largest absolute Gasteiger partial charge is 0.507 e. The molecule has 0 atom stereocenters. The van der Waals surface area contributed by atoms with E-state index in [9.17, 15) is 14.7 Å². The van der Waals surface area contributed by atoms with Crippen LogP contribution in [0.25, 0.3) is 10.8 Å². The molecular formula is C18H13NO4. The first-order valence-electron chi connectivity index (χ1n) is 6.91. The molecule has 3 aromatic rings. The molecule has 23 heavy (non-hydrogen) atoms. The maximum absolute atomic E-state index is 12.3. The Morgan fingerprint density at radius 3 is 2.09 bits per heavy atom. The van der Waals surface area contributed by atoms with Gasteiger partial charge in [-0.05, 0) is 47.2 Å². The third-order valence-electron chi connectivity index (χ3n) is 3.50. The summed E-state index contributed by atoms with van der Waals surface area (Å²) in [5, 5.41) is 23.2. The fraction of sp³-hybridized carbons (Fsp3) is 0. The number of phenolic OH excluding ortho intramolecular Hbond substituents is 1. The van der Waals surface area contributed by atoms with Crippen LogP contribution in [0, 0.1) is 0 Å². The molecule has 0 bridgehead atoms. The van der Waals surface area contributed by atoms with Crippen LogP contribution >= 0.6 is 0 Å². The number of phenols is 1. The quantitative estimate of drug-likeness (QED) is 0.691. The van der Waals surface area contributed by atoms with E-state index in [0.29, 0.717) is 5.69 Å². The van der Waals surface area contributed by atoms with Gasteiger partial charge in [0.15, 0.2) is 0 Å². The Bertz CT molecular complexity index is 901. The predicted octanol–water partition coefficient (Wildman–Crippen LogP) is 3.50. The van der Waals surface area contributed by atoms with Crippen molar-refractivity contribution in [1.29, 1.82) is 0 Å². The number of rotatable bonds is 3. The van der Waals surface area contributed by atoms with Gasteiger partial charge in [0.1, 0.15) is 5.75 Å². The number of carbonyl (C=O) groups is 2. The molecule has 0 aromatic heterocycles. The van der Waals surface area contributed by atoms with Crippen molar-refractivity contribution in [3.63, 3.8) is 0 Å². The van der Waals surface area contributed by atoms with Crippen LogP contribution in [-0.4, -0.2) is 22.1 Å². The molecule has 0 aliphatic rings. The van der Waals surface area contributed by atoms with E-state index in [-0.39, 0.29) is 16.9 Å². The minimum absolute atomic E-state index is 0.108.